The summed E-state index contributed by atoms with van der Waals surface area (Å²) in [5.74, 6) is 0.788. The van der Waals surface area contributed by atoms with Gasteiger partial charge < -0.3 is 5.32 Å². The van der Waals surface area contributed by atoms with Crippen LogP contribution in [0.3, 0.4) is 0 Å². The van der Waals surface area contributed by atoms with Crippen LogP contribution < -0.4 is 5.32 Å². The molecule has 0 amide bonds. The zero-order valence-corrected chi connectivity index (χ0v) is 10.3. The molecule has 0 saturated carbocycles. The van der Waals surface area contributed by atoms with Crippen LogP contribution in [0.4, 0.5) is 5.82 Å². The molecule has 0 saturated heterocycles. The lowest BCUT2D eigenvalue weighted by Gasteiger charge is -2.03. The molecule has 1 N–H and O–H groups in total. The maximum atomic E-state index is 8.64. The monoisotopic (exact) mass is 244 g/mol. The summed E-state index contributed by atoms with van der Waals surface area (Å²) in [5, 5.41) is 15.0. The minimum Gasteiger partial charge on any atom is -0.370 e. The van der Waals surface area contributed by atoms with Crippen molar-refractivity contribution in [1.29, 1.82) is 5.26 Å². The van der Waals surface area contributed by atoms with Crippen LogP contribution in [0.2, 0.25) is 0 Å². The molecular weight excluding hydrogens is 232 g/mol. The Morgan fingerprint density at radius 1 is 1.47 bits per heavy atom. The van der Waals surface area contributed by atoms with Crippen molar-refractivity contribution in [2.24, 2.45) is 0 Å². The van der Waals surface area contributed by atoms with Gasteiger partial charge >= 0.3 is 0 Å². The second-order valence-corrected chi connectivity index (χ2v) is 4.64. The van der Waals surface area contributed by atoms with Gasteiger partial charge in [0.1, 0.15) is 11.9 Å². The lowest BCUT2D eigenvalue weighted by Crippen LogP contribution is -2.06. The van der Waals surface area contributed by atoms with Gasteiger partial charge in [0.25, 0.3) is 0 Å². The van der Waals surface area contributed by atoms with Crippen molar-refractivity contribution in [2.45, 2.75) is 13.3 Å². The van der Waals surface area contributed by atoms with E-state index in [1.165, 1.54) is 0 Å². The highest BCUT2D eigenvalue weighted by Crippen LogP contribution is 2.09. The van der Waals surface area contributed by atoms with Gasteiger partial charge in [-0.3, -0.25) is 0 Å². The van der Waals surface area contributed by atoms with Crippen molar-refractivity contribution in [3.63, 3.8) is 0 Å². The van der Waals surface area contributed by atoms with E-state index < -0.39 is 0 Å². The van der Waals surface area contributed by atoms with Gasteiger partial charge in [-0.1, -0.05) is 0 Å². The first-order chi connectivity index (χ1) is 8.28. The first-order valence-electron chi connectivity index (χ1n) is 5.29. The van der Waals surface area contributed by atoms with Crippen molar-refractivity contribution in [3.05, 3.63) is 40.0 Å². The van der Waals surface area contributed by atoms with Gasteiger partial charge in [0.05, 0.1) is 16.3 Å². The van der Waals surface area contributed by atoms with Crippen LogP contribution in [-0.2, 0) is 6.42 Å². The summed E-state index contributed by atoms with van der Waals surface area (Å²) >= 11 is 1.67. The van der Waals surface area contributed by atoms with E-state index in [1.54, 1.807) is 23.6 Å². The molecule has 5 heteroatoms. The molecule has 86 valence electrons. The number of aryl methyl sites for hydroxylation is 1. The Hall–Kier alpha value is -1.93. The number of hydrogen-bond acceptors (Lipinski definition) is 5. The summed E-state index contributed by atoms with van der Waals surface area (Å²) < 4.78 is 0. The van der Waals surface area contributed by atoms with Crippen LogP contribution in [-0.4, -0.2) is 16.5 Å². The summed E-state index contributed by atoms with van der Waals surface area (Å²) in [6, 6.07) is 5.60. The van der Waals surface area contributed by atoms with Gasteiger partial charge in [-0.15, -0.1) is 11.3 Å². The van der Waals surface area contributed by atoms with Crippen LogP contribution in [0, 0.1) is 18.3 Å². The third-order valence-electron chi connectivity index (χ3n) is 2.25. The number of hydrogen-bond donors (Lipinski definition) is 1. The first-order valence-corrected chi connectivity index (χ1v) is 6.17. The summed E-state index contributed by atoms with van der Waals surface area (Å²) in [6.45, 7) is 2.80. The van der Waals surface area contributed by atoms with Crippen LogP contribution >= 0.6 is 11.3 Å². The standard InChI is InChI=1S/C12H12N4S/c1-9-16-11(8-17-9)4-5-14-12-3-2-10(6-13)7-15-12/h2-3,7-8H,4-5H2,1H3,(H,14,15). The maximum Gasteiger partial charge on any atom is 0.125 e. The van der Waals surface area contributed by atoms with E-state index in [4.69, 9.17) is 5.26 Å². The highest BCUT2D eigenvalue weighted by atomic mass is 32.1. The lowest BCUT2D eigenvalue weighted by atomic mass is 10.3. The van der Waals surface area contributed by atoms with Gasteiger partial charge in [-0.05, 0) is 19.1 Å². The number of nitrogens with zero attached hydrogens (tertiary/aromatic N) is 3. The Bertz CT molecular complexity index is 524. The number of nitrogens with one attached hydrogen (secondary N) is 1. The number of rotatable bonds is 4. The maximum absolute atomic E-state index is 8.64. The predicted octanol–water partition coefficient (Wildman–Crippen LogP) is 2.37. The molecule has 0 aliphatic carbocycles. The normalized spacial score (nSPS) is 9.88. The average molecular weight is 244 g/mol. The number of anilines is 1. The molecule has 4 nitrogen and oxygen atoms in total. The molecule has 2 aromatic rings. The Labute approximate surface area is 104 Å². The van der Waals surface area contributed by atoms with Gasteiger partial charge in [-0.2, -0.15) is 5.26 Å². The molecular formula is C12H12N4S. The third kappa shape index (κ3) is 3.26. The molecule has 0 spiro atoms. The quantitative estimate of drug-likeness (QED) is 0.897. The second kappa shape index (κ2) is 5.41. The molecule has 0 radical (unpaired) electrons. The molecule has 0 aromatic carbocycles. The van der Waals surface area contributed by atoms with E-state index in [1.807, 2.05) is 19.1 Å². The molecule has 0 aliphatic heterocycles. The number of thiazole rings is 1. The summed E-state index contributed by atoms with van der Waals surface area (Å²) in [4.78, 5) is 8.52. The predicted molar refractivity (Wildman–Crippen MR) is 68.0 cm³/mol. The molecule has 2 heterocycles. The fourth-order valence-electron chi connectivity index (χ4n) is 1.41. The molecule has 0 atom stereocenters. The van der Waals surface area contributed by atoms with Gasteiger partial charge in [0.15, 0.2) is 0 Å². The fraction of sp³-hybridized carbons (Fsp3) is 0.250. The second-order valence-electron chi connectivity index (χ2n) is 3.58. The zero-order valence-electron chi connectivity index (χ0n) is 9.47. The highest BCUT2D eigenvalue weighted by molar-refractivity contribution is 7.09. The summed E-state index contributed by atoms with van der Waals surface area (Å²) in [6.07, 6.45) is 2.45. The van der Waals surface area contributed by atoms with Crippen molar-refractivity contribution >= 4 is 17.2 Å². The minimum atomic E-state index is 0.575. The summed E-state index contributed by atoms with van der Waals surface area (Å²) in [5.41, 5.74) is 1.68. The van der Waals surface area contributed by atoms with Crippen molar-refractivity contribution < 1.29 is 0 Å². The average Bonchev–Trinajstić information content (AvgIpc) is 2.76. The molecule has 0 bridgehead atoms. The van der Waals surface area contributed by atoms with Crippen molar-refractivity contribution in [2.75, 3.05) is 11.9 Å². The molecule has 0 fully saturated rings. The van der Waals surface area contributed by atoms with Crippen molar-refractivity contribution in [3.8, 4) is 6.07 Å². The van der Waals surface area contributed by atoms with Crippen molar-refractivity contribution in [1.82, 2.24) is 9.97 Å². The molecule has 17 heavy (non-hydrogen) atoms. The number of pyridine rings is 1. The summed E-state index contributed by atoms with van der Waals surface area (Å²) in [7, 11) is 0. The number of nitriles is 1. The molecule has 0 aliphatic rings. The van der Waals surface area contributed by atoms with Crippen LogP contribution in [0.15, 0.2) is 23.7 Å². The van der Waals surface area contributed by atoms with Crippen LogP contribution in [0.1, 0.15) is 16.3 Å². The molecule has 2 rings (SSSR count). The molecule has 2 aromatic heterocycles. The Morgan fingerprint density at radius 2 is 2.35 bits per heavy atom. The first kappa shape index (κ1) is 11.6. The Kier molecular flexibility index (Phi) is 3.68. The van der Waals surface area contributed by atoms with Gasteiger partial charge in [0, 0.05) is 24.5 Å². The lowest BCUT2D eigenvalue weighted by molar-refractivity contribution is 0.960. The fourth-order valence-corrected chi connectivity index (χ4v) is 2.05. The third-order valence-corrected chi connectivity index (χ3v) is 3.07. The largest absolute Gasteiger partial charge is 0.370 e. The highest BCUT2D eigenvalue weighted by Gasteiger charge is 1.99. The SMILES string of the molecule is Cc1nc(CCNc2ccc(C#N)cn2)cs1. The van der Waals surface area contributed by atoms with Gasteiger partial charge in [-0.25, -0.2) is 9.97 Å². The van der Waals surface area contributed by atoms with E-state index in [0.717, 1.165) is 29.5 Å². The Morgan fingerprint density at radius 3 is 2.94 bits per heavy atom. The number of aromatic nitrogens is 2. The smallest absolute Gasteiger partial charge is 0.125 e. The minimum absolute atomic E-state index is 0.575. The topological polar surface area (TPSA) is 61.6 Å². The van der Waals surface area contributed by atoms with Crippen LogP contribution in [0.25, 0.3) is 0 Å². The molecule has 0 unspecified atom stereocenters. The van der Waals surface area contributed by atoms with E-state index in [9.17, 15) is 0 Å². The Balaban J connectivity index is 1.84. The van der Waals surface area contributed by atoms with E-state index in [2.05, 4.69) is 20.7 Å². The zero-order chi connectivity index (χ0) is 12.1. The van der Waals surface area contributed by atoms with E-state index >= 15 is 0 Å². The van der Waals surface area contributed by atoms with Crippen LogP contribution in [0.5, 0.6) is 0 Å². The van der Waals surface area contributed by atoms with E-state index in [-0.39, 0.29) is 0 Å². The van der Waals surface area contributed by atoms with Gasteiger partial charge in [0.2, 0.25) is 0 Å². The van der Waals surface area contributed by atoms with E-state index in [0.29, 0.717) is 5.56 Å².